The van der Waals surface area contributed by atoms with E-state index < -0.39 is 5.97 Å². The van der Waals surface area contributed by atoms with Gasteiger partial charge in [0.05, 0.1) is 0 Å². The Labute approximate surface area is 96.8 Å². The number of hydrogen-bond donors (Lipinski definition) is 1. The van der Waals surface area contributed by atoms with Crippen molar-refractivity contribution in [3.8, 4) is 5.75 Å². The molecule has 0 saturated heterocycles. The molecule has 0 fully saturated rings. The number of para-hydroxylation sites is 1. The molecular formula is C11H10N2O4. The quantitative estimate of drug-likeness (QED) is 0.809. The minimum absolute atomic E-state index is 0.101. The van der Waals surface area contributed by atoms with Crippen molar-refractivity contribution in [1.29, 1.82) is 0 Å². The Bertz CT molecular complexity index is 536. The number of phenols is 1. The lowest BCUT2D eigenvalue weighted by atomic mass is 10.2. The summed E-state index contributed by atoms with van der Waals surface area (Å²) in [6.07, 6.45) is 0. The molecule has 2 aromatic rings. The molecule has 2 rings (SSSR count). The number of aryl methyl sites for hydroxylation is 1. The first-order valence-corrected chi connectivity index (χ1v) is 4.91. The van der Waals surface area contributed by atoms with Gasteiger partial charge in [-0.15, -0.1) is 0 Å². The van der Waals surface area contributed by atoms with Gasteiger partial charge >= 0.3 is 5.97 Å². The molecule has 17 heavy (non-hydrogen) atoms. The van der Waals surface area contributed by atoms with E-state index in [2.05, 4.69) is 10.1 Å². The molecule has 0 saturated carbocycles. The van der Waals surface area contributed by atoms with Gasteiger partial charge in [-0.05, 0) is 19.1 Å². The third-order valence-electron chi connectivity index (χ3n) is 2.02. The van der Waals surface area contributed by atoms with E-state index in [9.17, 15) is 9.90 Å². The maximum Gasteiger partial charge on any atom is 0.342 e. The number of nitrogens with zero attached hydrogens (tertiary/aromatic N) is 2. The topological polar surface area (TPSA) is 85.5 Å². The van der Waals surface area contributed by atoms with Crippen LogP contribution in [0.25, 0.3) is 0 Å². The summed E-state index contributed by atoms with van der Waals surface area (Å²) in [5.41, 5.74) is 0.101. The van der Waals surface area contributed by atoms with Gasteiger partial charge in [0.1, 0.15) is 11.3 Å². The SMILES string of the molecule is Cc1noc(COC(=O)c2ccccc2O)n1. The van der Waals surface area contributed by atoms with Crippen molar-refractivity contribution in [1.82, 2.24) is 10.1 Å². The van der Waals surface area contributed by atoms with Gasteiger partial charge in [0.2, 0.25) is 0 Å². The van der Waals surface area contributed by atoms with Crippen LogP contribution in [0.4, 0.5) is 0 Å². The molecule has 88 valence electrons. The zero-order chi connectivity index (χ0) is 12.3. The number of hydrogen-bond acceptors (Lipinski definition) is 6. The number of carbonyl (C=O) groups is 1. The highest BCUT2D eigenvalue weighted by molar-refractivity contribution is 5.92. The number of rotatable bonds is 3. The summed E-state index contributed by atoms with van der Waals surface area (Å²) in [6, 6.07) is 6.13. The summed E-state index contributed by atoms with van der Waals surface area (Å²) in [7, 11) is 0. The van der Waals surface area contributed by atoms with Gasteiger partial charge in [-0.25, -0.2) is 4.79 Å². The van der Waals surface area contributed by atoms with Gasteiger partial charge in [0, 0.05) is 0 Å². The highest BCUT2D eigenvalue weighted by atomic mass is 16.6. The van der Waals surface area contributed by atoms with Crippen LogP contribution in [0.3, 0.4) is 0 Å². The Morgan fingerprint density at radius 3 is 2.88 bits per heavy atom. The van der Waals surface area contributed by atoms with Crippen LogP contribution in [0.5, 0.6) is 5.75 Å². The Morgan fingerprint density at radius 1 is 1.47 bits per heavy atom. The Hall–Kier alpha value is -2.37. The number of aromatic hydroxyl groups is 1. The molecule has 1 aromatic carbocycles. The fourth-order valence-corrected chi connectivity index (χ4v) is 1.25. The summed E-state index contributed by atoms with van der Waals surface area (Å²) in [4.78, 5) is 15.5. The smallest absolute Gasteiger partial charge is 0.342 e. The van der Waals surface area contributed by atoms with Crippen molar-refractivity contribution in [2.75, 3.05) is 0 Å². The second-order valence-corrected chi connectivity index (χ2v) is 3.33. The van der Waals surface area contributed by atoms with E-state index in [4.69, 9.17) is 9.26 Å². The van der Waals surface area contributed by atoms with Gasteiger partial charge in [0.15, 0.2) is 12.4 Å². The van der Waals surface area contributed by atoms with Crippen LogP contribution in [0.2, 0.25) is 0 Å². The monoisotopic (exact) mass is 234 g/mol. The van der Waals surface area contributed by atoms with Crippen molar-refractivity contribution in [3.63, 3.8) is 0 Å². The number of benzene rings is 1. The first kappa shape index (κ1) is 11.1. The van der Waals surface area contributed by atoms with Crippen molar-refractivity contribution < 1.29 is 19.2 Å². The summed E-state index contributed by atoms with van der Waals surface area (Å²) in [5.74, 6) is -0.0805. The zero-order valence-electron chi connectivity index (χ0n) is 9.08. The third kappa shape index (κ3) is 2.60. The molecule has 0 radical (unpaired) electrons. The van der Waals surface area contributed by atoms with Crippen LogP contribution in [-0.2, 0) is 11.3 Å². The molecule has 0 amide bonds. The molecular weight excluding hydrogens is 224 g/mol. The predicted octanol–water partition coefficient (Wildman–Crippen LogP) is 1.44. The van der Waals surface area contributed by atoms with Gasteiger partial charge in [-0.3, -0.25) is 0 Å². The lowest BCUT2D eigenvalue weighted by Crippen LogP contribution is -2.05. The molecule has 0 aliphatic heterocycles. The molecule has 1 aromatic heterocycles. The van der Waals surface area contributed by atoms with Crippen LogP contribution in [0.15, 0.2) is 28.8 Å². The van der Waals surface area contributed by atoms with Crippen molar-refractivity contribution >= 4 is 5.97 Å². The van der Waals surface area contributed by atoms with Gasteiger partial charge in [0.25, 0.3) is 5.89 Å². The molecule has 0 bridgehead atoms. The first-order chi connectivity index (χ1) is 8.16. The Kier molecular flexibility index (Phi) is 3.04. The number of phenolic OH excluding ortho intramolecular Hbond substituents is 1. The van der Waals surface area contributed by atoms with E-state index in [1.54, 1.807) is 19.1 Å². The molecule has 0 aliphatic rings. The predicted molar refractivity (Wildman–Crippen MR) is 56.3 cm³/mol. The molecule has 0 atom stereocenters. The normalized spacial score (nSPS) is 10.2. The van der Waals surface area contributed by atoms with E-state index in [0.717, 1.165) is 0 Å². The van der Waals surface area contributed by atoms with E-state index in [-0.39, 0.29) is 23.8 Å². The summed E-state index contributed by atoms with van der Waals surface area (Å²) in [5, 5.41) is 13.0. The molecule has 0 spiro atoms. The number of esters is 1. The maximum absolute atomic E-state index is 11.6. The molecule has 0 unspecified atom stereocenters. The minimum Gasteiger partial charge on any atom is -0.507 e. The fraction of sp³-hybridized carbons (Fsp3) is 0.182. The molecule has 1 N–H and O–H groups in total. The van der Waals surface area contributed by atoms with Crippen molar-refractivity contribution in [3.05, 3.63) is 41.5 Å². The van der Waals surface area contributed by atoms with Crippen LogP contribution in [0.1, 0.15) is 22.1 Å². The molecule has 1 heterocycles. The largest absolute Gasteiger partial charge is 0.507 e. The van der Waals surface area contributed by atoms with Crippen molar-refractivity contribution in [2.24, 2.45) is 0 Å². The molecule has 6 nitrogen and oxygen atoms in total. The Balaban J connectivity index is 2.01. The van der Waals surface area contributed by atoms with Gasteiger partial charge in [-0.1, -0.05) is 17.3 Å². The third-order valence-corrected chi connectivity index (χ3v) is 2.02. The molecule has 6 heteroatoms. The van der Waals surface area contributed by atoms with Crippen LogP contribution >= 0.6 is 0 Å². The van der Waals surface area contributed by atoms with Gasteiger partial charge in [-0.2, -0.15) is 4.98 Å². The van der Waals surface area contributed by atoms with E-state index in [1.807, 2.05) is 0 Å². The van der Waals surface area contributed by atoms with Crippen molar-refractivity contribution in [2.45, 2.75) is 13.5 Å². The number of carbonyl (C=O) groups excluding carboxylic acids is 1. The number of ether oxygens (including phenoxy) is 1. The average Bonchev–Trinajstić information content (AvgIpc) is 2.73. The molecule has 0 aliphatic carbocycles. The summed E-state index contributed by atoms with van der Waals surface area (Å²) >= 11 is 0. The maximum atomic E-state index is 11.6. The van der Waals surface area contributed by atoms with Gasteiger partial charge < -0.3 is 14.4 Å². The van der Waals surface area contributed by atoms with E-state index >= 15 is 0 Å². The first-order valence-electron chi connectivity index (χ1n) is 4.91. The average molecular weight is 234 g/mol. The highest BCUT2D eigenvalue weighted by Gasteiger charge is 2.13. The van der Waals surface area contributed by atoms with E-state index in [0.29, 0.717) is 5.82 Å². The summed E-state index contributed by atoms with van der Waals surface area (Å²) in [6.45, 7) is 1.55. The lowest BCUT2D eigenvalue weighted by Gasteiger charge is -2.03. The van der Waals surface area contributed by atoms with Crippen LogP contribution in [0, 0.1) is 6.92 Å². The summed E-state index contributed by atoms with van der Waals surface area (Å²) < 4.78 is 9.69. The second kappa shape index (κ2) is 4.65. The lowest BCUT2D eigenvalue weighted by molar-refractivity contribution is 0.0426. The van der Waals surface area contributed by atoms with Crippen LogP contribution < -0.4 is 0 Å². The zero-order valence-corrected chi connectivity index (χ0v) is 9.08. The number of aromatic nitrogens is 2. The minimum atomic E-state index is -0.640. The standard InChI is InChI=1S/C11H10N2O4/c1-7-12-10(17-13-7)6-16-11(15)8-4-2-3-5-9(8)14/h2-5,14H,6H2,1H3. The van der Waals surface area contributed by atoms with E-state index in [1.165, 1.54) is 12.1 Å². The fourth-order valence-electron chi connectivity index (χ4n) is 1.25. The Morgan fingerprint density at radius 2 is 2.24 bits per heavy atom. The second-order valence-electron chi connectivity index (χ2n) is 3.33. The van der Waals surface area contributed by atoms with Crippen LogP contribution in [-0.4, -0.2) is 21.2 Å². The highest BCUT2D eigenvalue weighted by Crippen LogP contribution is 2.17.